The van der Waals surface area contributed by atoms with Gasteiger partial charge in [-0.25, -0.2) is 4.79 Å². The number of hydrogen-bond acceptors (Lipinski definition) is 3. The number of nitrogens with one attached hydrogen (secondary N) is 2. The monoisotopic (exact) mass is 190 g/mol. The van der Waals surface area contributed by atoms with E-state index >= 15 is 0 Å². The van der Waals surface area contributed by atoms with E-state index in [4.69, 9.17) is 5.11 Å². The second-order valence-corrected chi connectivity index (χ2v) is 3.00. The first kappa shape index (κ1) is 8.62. The molecule has 0 amide bonds. The molecule has 4 nitrogen and oxygen atoms in total. The highest BCUT2D eigenvalue weighted by molar-refractivity contribution is 5.88. The van der Waals surface area contributed by atoms with Gasteiger partial charge in [0.15, 0.2) is 0 Å². The van der Waals surface area contributed by atoms with E-state index in [2.05, 4.69) is 10.6 Å². The predicted octanol–water partition coefficient (Wildman–Crippen LogP) is 0.833. The lowest BCUT2D eigenvalue weighted by Crippen LogP contribution is -2.13. The summed E-state index contributed by atoms with van der Waals surface area (Å²) in [6, 6.07) is 6.83. The molecule has 0 spiro atoms. The molecule has 0 aromatic heterocycles. The zero-order chi connectivity index (χ0) is 9.97. The summed E-state index contributed by atoms with van der Waals surface area (Å²) in [6.45, 7) is 0.687. The standard InChI is InChI=1S/C10H10N2O2/c13-10(14)8-3-1-2-7(4-8)9-5-11-6-12-9/h1-5,11-12H,6H2,(H,13,14). The molecule has 1 aliphatic heterocycles. The highest BCUT2D eigenvalue weighted by atomic mass is 16.4. The van der Waals surface area contributed by atoms with Gasteiger partial charge in [0.2, 0.25) is 0 Å². The van der Waals surface area contributed by atoms with Crippen molar-refractivity contribution in [2.24, 2.45) is 0 Å². The van der Waals surface area contributed by atoms with Crippen molar-refractivity contribution in [3.05, 3.63) is 41.6 Å². The van der Waals surface area contributed by atoms with Crippen LogP contribution in [0.4, 0.5) is 0 Å². The lowest BCUT2D eigenvalue weighted by atomic mass is 10.1. The zero-order valence-corrected chi connectivity index (χ0v) is 7.45. The van der Waals surface area contributed by atoms with Crippen molar-refractivity contribution >= 4 is 11.7 Å². The number of carboxylic acid groups (broad SMARTS) is 1. The largest absolute Gasteiger partial charge is 0.478 e. The third-order valence-electron chi connectivity index (χ3n) is 2.05. The van der Waals surface area contributed by atoms with E-state index in [1.165, 1.54) is 0 Å². The summed E-state index contributed by atoms with van der Waals surface area (Å²) < 4.78 is 0. The minimum absolute atomic E-state index is 0.303. The van der Waals surface area contributed by atoms with Gasteiger partial charge in [0.1, 0.15) is 0 Å². The van der Waals surface area contributed by atoms with Crippen molar-refractivity contribution in [1.29, 1.82) is 0 Å². The highest BCUT2D eigenvalue weighted by Gasteiger charge is 2.08. The van der Waals surface area contributed by atoms with Gasteiger partial charge in [-0.15, -0.1) is 0 Å². The zero-order valence-electron chi connectivity index (χ0n) is 7.45. The van der Waals surface area contributed by atoms with Gasteiger partial charge < -0.3 is 15.7 Å². The fourth-order valence-corrected chi connectivity index (χ4v) is 1.36. The Kier molecular flexibility index (Phi) is 2.10. The first-order chi connectivity index (χ1) is 6.77. The quantitative estimate of drug-likeness (QED) is 0.646. The van der Waals surface area contributed by atoms with Crippen LogP contribution in [0.1, 0.15) is 15.9 Å². The lowest BCUT2D eigenvalue weighted by molar-refractivity contribution is 0.0697. The van der Waals surface area contributed by atoms with Gasteiger partial charge in [0, 0.05) is 6.20 Å². The molecule has 2 rings (SSSR count). The minimum atomic E-state index is -0.904. The molecule has 0 bridgehead atoms. The molecular weight excluding hydrogens is 180 g/mol. The van der Waals surface area contributed by atoms with Crippen molar-refractivity contribution in [3.63, 3.8) is 0 Å². The molecule has 72 valence electrons. The number of hydrogen-bond donors (Lipinski definition) is 3. The average molecular weight is 190 g/mol. The Balaban J connectivity index is 2.34. The summed E-state index contributed by atoms with van der Waals surface area (Å²) in [7, 11) is 0. The van der Waals surface area contributed by atoms with Crippen molar-refractivity contribution in [3.8, 4) is 0 Å². The van der Waals surface area contributed by atoms with Crippen LogP contribution >= 0.6 is 0 Å². The van der Waals surface area contributed by atoms with Crippen LogP contribution < -0.4 is 10.6 Å². The van der Waals surface area contributed by atoms with E-state index < -0.39 is 5.97 Å². The fourth-order valence-electron chi connectivity index (χ4n) is 1.36. The van der Waals surface area contributed by atoms with Crippen LogP contribution in [0.5, 0.6) is 0 Å². The van der Waals surface area contributed by atoms with E-state index in [1.54, 1.807) is 18.2 Å². The molecule has 0 atom stereocenters. The Morgan fingerprint density at radius 3 is 2.93 bits per heavy atom. The van der Waals surface area contributed by atoms with E-state index in [9.17, 15) is 4.79 Å². The molecule has 0 fully saturated rings. The third-order valence-corrected chi connectivity index (χ3v) is 2.05. The molecule has 0 saturated heterocycles. The van der Waals surface area contributed by atoms with Crippen LogP contribution in [0.25, 0.3) is 5.70 Å². The van der Waals surface area contributed by atoms with Crippen molar-refractivity contribution < 1.29 is 9.90 Å². The normalized spacial score (nSPS) is 14.1. The van der Waals surface area contributed by atoms with Gasteiger partial charge in [-0.3, -0.25) is 0 Å². The van der Waals surface area contributed by atoms with E-state index in [0.717, 1.165) is 11.3 Å². The van der Waals surface area contributed by atoms with Gasteiger partial charge in [0.05, 0.1) is 17.9 Å². The average Bonchev–Trinajstić information content (AvgIpc) is 2.71. The molecule has 0 saturated carbocycles. The van der Waals surface area contributed by atoms with E-state index in [1.807, 2.05) is 12.3 Å². The number of benzene rings is 1. The molecule has 4 heteroatoms. The van der Waals surface area contributed by atoms with E-state index in [0.29, 0.717) is 12.2 Å². The molecule has 1 aliphatic rings. The second-order valence-electron chi connectivity index (χ2n) is 3.00. The number of carboxylic acids is 1. The Morgan fingerprint density at radius 2 is 2.29 bits per heavy atom. The van der Waals surface area contributed by atoms with Crippen LogP contribution in [-0.2, 0) is 0 Å². The summed E-state index contributed by atoms with van der Waals surface area (Å²) in [4.78, 5) is 10.7. The van der Waals surface area contributed by atoms with Gasteiger partial charge in [-0.1, -0.05) is 12.1 Å². The number of carbonyl (C=O) groups is 1. The molecule has 1 aromatic carbocycles. The summed E-state index contributed by atoms with van der Waals surface area (Å²) in [6.07, 6.45) is 1.83. The topological polar surface area (TPSA) is 61.4 Å². The first-order valence-electron chi connectivity index (χ1n) is 4.28. The van der Waals surface area contributed by atoms with E-state index in [-0.39, 0.29) is 0 Å². The maximum atomic E-state index is 10.7. The minimum Gasteiger partial charge on any atom is -0.478 e. The maximum Gasteiger partial charge on any atom is 0.335 e. The van der Waals surface area contributed by atoms with Gasteiger partial charge in [-0.05, 0) is 17.7 Å². The molecule has 0 unspecified atom stereocenters. The summed E-state index contributed by atoms with van der Waals surface area (Å²) in [5.74, 6) is -0.904. The van der Waals surface area contributed by atoms with Crippen LogP contribution in [0.2, 0.25) is 0 Å². The van der Waals surface area contributed by atoms with Gasteiger partial charge in [-0.2, -0.15) is 0 Å². The fraction of sp³-hybridized carbons (Fsp3) is 0.100. The van der Waals surface area contributed by atoms with Crippen LogP contribution in [0.15, 0.2) is 30.5 Å². The van der Waals surface area contributed by atoms with Gasteiger partial charge >= 0.3 is 5.97 Å². The Labute approximate surface area is 81.3 Å². The smallest absolute Gasteiger partial charge is 0.335 e. The van der Waals surface area contributed by atoms with Crippen LogP contribution in [0.3, 0.4) is 0 Å². The van der Waals surface area contributed by atoms with Crippen molar-refractivity contribution in [2.45, 2.75) is 0 Å². The maximum absolute atomic E-state index is 10.7. The Morgan fingerprint density at radius 1 is 1.43 bits per heavy atom. The molecule has 0 radical (unpaired) electrons. The summed E-state index contributed by atoms with van der Waals surface area (Å²) in [5, 5.41) is 14.9. The molecular formula is C10H10N2O2. The van der Waals surface area contributed by atoms with Crippen LogP contribution in [0, 0.1) is 0 Å². The second kappa shape index (κ2) is 3.41. The lowest BCUT2D eigenvalue weighted by Gasteiger charge is -2.03. The highest BCUT2D eigenvalue weighted by Crippen LogP contribution is 2.14. The Hall–Kier alpha value is -1.97. The summed E-state index contributed by atoms with van der Waals surface area (Å²) >= 11 is 0. The summed E-state index contributed by atoms with van der Waals surface area (Å²) in [5.41, 5.74) is 2.11. The third kappa shape index (κ3) is 1.54. The predicted molar refractivity (Wildman–Crippen MR) is 52.5 cm³/mol. The van der Waals surface area contributed by atoms with Crippen LogP contribution in [-0.4, -0.2) is 17.7 Å². The Bertz CT molecular complexity index is 399. The molecule has 0 aliphatic carbocycles. The number of aromatic carboxylic acids is 1. The molecule has 3 N–H and O–H groups in total. The number of rotatable bonds is 2. The SMILES string of the molecule is O=C(O)c1cccc(C2=CNCN2)c1. The van der Waals surface area contributed by atoms with Gasteiger partial charge in [0.25, 0.3) is 0 Å². The van der Waals surface area contributed by atoms with Crippen molar-refractivity contribution in [2.75, 3.05) is 6.67 Å². The van der Waals surface area contributed by atoms with Crippen molar-refractivity contribution in [1.82, 2.24) is 10.6 Å². The molecule has 1 aromatic rings. The molecule has 14 heavy (non-hydrogen) atoms. The first-order valence-corrected chi connectivity index (χ1v) is 4.28. The molecule has 1 heterocycles.